The van der Waals surface area contributed by atoms with Crippen molar-refractivity contribution in [1.82, 2.24) is 14.5 Å². The van der Waals surface area contributed by atoms with E-state index in [0.29, 0.717) is 24.5 Å². The van der Waals surface area contributed by atoms with E-state index < -0.39 is 15.6 Å². The van der Waals surface area contributed by atoms with Crippen molar-refractivity contribution in [3.8, 4) is 0 Å². The van der Waals surface area contributed by atoms with Crippen molar-refractivity contribution in [2.24, 2.45) is 0 Å². The van der Waals surface area contributed by atoms with Crippen LogP contribution in [0.1, 0.15) is 25.7 Å². The maximum Gasteiger partial charge on any atom is 0.250 e. The molecule has 0 unspecified atom stereocenters. The summed E-state index contributed by atoms with van der Waals surface area (Å²) >= 11 is 5.92. The molecule has 1 saturated carbocycles. The van der Waals surface area contributed by atoms with E-state index in [2.05, 4.69) is 5.32 Å². The number of hydrogen-bond acceptors (Lipinski definition) is 5. The summed E-state index contributed by atoms with van der Waals surface area (Å²) in [5.41, 5.74) is 0.00251. The average molecular weight is 503 g/mol. The molecule has 0 atom stereocenters. The van der Waals surface area contributed by atoms with Crippen LogP contribution in [0.4, 0.5) is 5.69 Å². The molecule has 2 amide bonds. The molecule has 34 heavy (non-hydrogen) atoms. The van der Waals surface area contributed by atoms with Crippen LogP contribution in [-0.4, -0.2) is 67.3 Å². The summed E-state index contributed by atoms with van der Waals surface area (Å²) in [5, 5.41) is 3.42. The molecule has 0 bridgehead atoms. The highest BCUT2D eigenvalue weighted by atomic mass is 35.5. The van der Waals surface area contributed by atoms with Crippen molar-refractivity contribution in [2.75, 3.05) is 31.2 Å². The molecule has 0 aromatic heterocycles. The number of nitrogens with zero attached hydrogens (tertiary/aromatic N) is 3. The van der Waals surface area contributed by atoms with Gasteiger partial charge in [-0.3, -0.25) is 9.59 Å². The second-order valence-corrected chi connectivity index (χ2v) is 11.5. The average Bonchev–Trinajstić information content (AvgIpc) is 3.61. The summed E-state index contributed by atoms with van der Waals surface area (Å²) in [6.07, 6.45) is 2.65. The molecule has 2 aliphatic heterocycles. The number of para-hydroxylation sites is 1. The molecule has 3 aliphatic rings. The predicted octanol–water partition coefficient (Wildman–Crippen LogP) is 2.45. The number of anilines is 1. The lowest BCUT2D eigenvalue weighted by atomic mass is 9.86. The van der Waals surface area contributed by atoms with Crippen molar-refractivity contribution in [3.05, 3.63) is 59.6 Å². The normalized spacial score (nSPS) is 20.7. The number of carbonyl (C=O) groups is 2. The van der Waals surface area contributed by atoms with E-state index in [4.69, 9.17) is 11.6 Å². The summed E-state index contributed by atoms with van der Waals surface area (Å²) in [7, 11) is -3.70. The number of halogens is 1. The van der Waals surface area contributed by atoms with E-state index in [9.17, 15) is 18.0 Å². The Balaban J connectivity index is 1.38. The maximum atomic E-state index is 13.7. The second-order valence-electron chi connectivity index (χ2n) is 9.14. The van der Waals surface area contributed by atoms with Crippen LogP contribution < -0.4 is 10.2 Å². The Bertz CT molecular complexity index is 1180. The molecular weight excluding hydrogens is 476 g/mol. The maximum absolute atomic E-state index is 13.7. The first-order valence-corrected chi connectivity index (χ1v) is 13.3. The van der Waals surface area contributed by atoms with Gasteiger partial charge in [0, 0.05) is 29.8 Å². The number of rotatable bonds is 6. The minimum absolute atomic E-state index is 0.00715. The lowest BCUT2D eigenvalue weighted by Gasteiger charge is -2.42. The van der Waals surface area contributed by atoms with Crippen molar-refractivity contribution in [1.29, 1.82) is 0 Å². The van der Waals surface area contributed by atoms with Crippen LogP contribution in [0.3, 0.4) is 0 Å². The van der Waals surface area contributed by atoms with Gasteiger partial charge in [-0.05, 0) is 62.1 Å². The Hall–Kier alpha value is -2.62. The van der Waals surface area contributed by atoms with E-state index in [-0.39, 0.29) is 42.4 Å². The fourth-order valence-electron chi connectivity index (χ4n) is 4.85. The van der Waals surface area contributed by atoms with E-state index in [0.717, 1.165) is 18.5 Å². The van der Waals surface area contributed by atoms with E-state index >= 15 is 0 Å². The van der Waals surface area contributed by atoms with Crippen molar-refractivity contribution in [2.45, 2.75) is 42.2 Å². The van der Waals surface area contributed by atoms with Gasteiger partial charge in [0.1, 0.15) is 12.1 Å². The van der Waals surface area contributed by atoms with E-state index in [1.165, 1.54) is 16.4 Å². The summed E-state index contributed by atoms with van der Waals surface area (Å²) in [4.78, 5) is 30.0. The van der Waals surface area contributed by atoms with E-state index in [1.54, 1.807) is 17.0 Å². The molecule has 3 fully saturated rings. The number of nitrogens with one attached hydrogen (secondary N) is 1. The van der Waals surface area contributed by atoms with Crippen molar-refractivity contribution >= 4 is 39.1 Å². The summed E-state index contributed by atoms with van der Waals surface area (Å²) in [5.74, 6) is -0.269. The standard InChI is InChI=1S/C24H27ClN4O4S/c25-18-6-10-21(11-7-18)34(32,33)28-14-12-24(13-15-28)23(31)27(16-22(30)26-19-8-9-19)17-29(24)20-4-2-1-3-5-20/h1-7,10-11,19H,8-9,12-17H2,(H,26,30). The minimum Gasteiger partial charge on any atom is -0.352 e. The molecule has 10 heteroatoms. The van der Waals surface area contributed by atoms with Gasteiger partial charge in [0.15, 0.2) is 0 Å². The molecule has 2 aromatic rings. The Morgan fingerprint density at radius 2 is 1.68 bits per heavy atom. The zero-order valence-corrected chi connectivity index (χ0v) is 20.3. The first-order valence-electron chi connectivity index (χ1n) is 11.5. The number of carbonyl (C=O) groups excluding carboxylic acids is 2. The van der Waals surface area contributed by atoms with Crippen molar-refractivity contribution < 1.29 is 18.0 Å². The number of piperidine rings is 1. The van der Waals surface area contributed by atoms with Gasteiger partial charge in [-0.1, -0.05) is 29.8 Å². The highest BCUT2D eigenvalue weighted by Crippen LogP contribution is 2.40. The Morgan fingerprint density at radius 3 is 2.29 bits per heavy atom. The minimum atomic E-state index is -3.70. The molecule has 0 radical (unpaired) electrons. The number of sulfonamides is 1. The van der Waals surface area contributed by atoms with Gasteiger partial charge in [-0.2, -0.15) is 4.31 Å². The lowest BCUT2D eigenvalue weighted by molar-refractivity contribution is -0.137. The second kappa shape index (κ2) is 8.87. The Labute approximate surface area is 204 Å². The van der Waals surface area contributed by atoms with Crippen LogP contribution in [0.25, 0.3) is 0 Å². The van der Waals surface area contributed by atoms with Gasteiger partial charge >= 0.3 is 0 Å². The summed E-state index contributed by atoms with van der Waals surface area (Å²) in [6.45, 7) is 0.725. The molecule has 1 N–H and O–H groups in total. The molecule has 1 aliphatic carbocycles. The van der Waals surface area contributed by atoms with Gasteiger partial charge < -0.3 is 15.1 Å². The summed E-state index contributed by atoms with van der Waals surface area (Å²) < 4.78 is 27.8. The zero-order valence-electron chi connectivity index (χ0n) is 18.7. The fourth-order valence-corrected chi connectivity index (χ4v) is 6.42. The zero-order chi connectivity index (χ0) is 23.9. The molecule has 5 rings (SSSR count). The van der Waals surface area contributed by atoms with Crippen LogP contribution in [0, 0.1) is 0 Å². The Morgan fingerprint density at radius 1 is 1.03 bits per heavy atom. The molecule has 2 heterocycles. The van der Waals surface area contributed by atoms with E-state index in [1.807, 2.05) is 35.2 Å². The van der Waals surface area contributed by atoms with Gasteiger partial charge in [-0.25, -0.2) is 8.42 Å². The summed E-state index contributed by atoms with van der Waals surface area (Å²) in [6, 6.07) is 16.0. The Kier molecular flexibility index (Phi) is 6.03. The molecule has 1 spiro atoms. The topological polar surface area (TPSA) is 90.0 Å². The first kappa shape index (κ1) is 23.1. The van der Waals surface area contributed by atoms with Gasteiger partial charge in [-0.15, -0.1) is 0 Å². The highest BCUT2D eigenvalue weighted by molar-refractivity contribution is 7.89. The third-order valence-corrected chi connectivity index (χ3v) is 9.02. The third kappa shape index (κ3) is 4.28. The predicted molar refractivity (Wildman–Crippen MR) is 129 cm³/mol. The highest BCUT2D eigenvalue weighted by Gasteiger charge is 2.55. The van der Waals surface area contributed by atoms with Gasteiger partial charge in [0.25, 0.3) is 0 Å². The molecular formula is C24H27ClN4O4S. The molecule has 180 valence electrons. The van der Waals surface area contributed by atoms with Crippen LogP contribution in [0.15, 0.2) is 59.5 Å². The van der Waals surface area contributed by atoms with Crippen LogP contribution in [0.5, 0.6) is 0 Å². The number of hydrogen-bond donors (Lipinski definition) is 1. The molecule has 2 saturated heterocycles. The first-order chi connectivity index (χ1) is 16.3. The van der Waals surface area contributed by atoms with Gasteiger partial charge in [0.05, 0.1) is 11.6 Å². The molecule has 2 aromatic carbocycles. The number of benzene rings is 2. The monoisotopic (exact) mass is 502 g/mol. The SMILES string of the molecule is O=C(CN1CN(c2ccccc2)C2(CCN(S(=O)(=O)c3ccc(Cl)cc3)CC2)C1=O)NC1CC1. The lowest BCUT2D eigenvalue weighted by Crippen LogP contribution is -2.57. The van der Waals surface area contributed by atoms with Crippen LogP contribution in [-0.2, 0) is 19.6 Å². The van der Waals surface area contributed by atoms with Crippen LogP contribution in [0.2, 0.25) is 5.02 Å². The number of amides is 2. The fraction of sp³-hybridized carbons (Fsp3) is 0.417. The largest absolute Gasteiger partial charge is 0.352 e. The quantitative estimate of drug-likeness (QED) is 0.655. The molecule has 8 nitrogen and oxygen atoms in total. The van der Waals surface area contributed by atoms with Crippen molar-refractivity contribution in [3.63, 3.8) is 0 Å². The van der Waals surface area contributed by atoms with Crippen LogP contribution >= 0.6 is 11.6 Å². The third-order valence-electron chi connectivity index (χ3n) is 6.86. The van der Waals surface area contributed by atoms with Gasteiger partial charge in [0.2, 0.25) is 21.8 Å². The smallest absolute Gasteiger partial charge is 0.250 e.